The first kappa shape index (κ1) is 16.2. The van der Waals surface area contributed by atoms with E-state index in [2.05, 4.69) is 9.78 Å². The van der Waals surface area contributed by atoms with Gasteiger partial charge in [0.15, 0.2) is 17.4 Å². The largest absolute Gasteiger partial charge is 1.00 e. The summed E-state index contributed by atoms with van der Waals surface area (Å²) in [6.45, 7) is 0. The van der Waals surface area contributed by atoms with Gasteiger partial charge in [0.2, 0.25) is 0 Å². The minimum absolute atomic E-state index is 0. The molecule has 0 saturated carbocycles. The van der Waals surface area contributed by atoms with E-state index in [-0.39, 0.29) is 70.2 Å². The van der Waals surface area contributed by atoms with Crippen molar-refractivity contribution in [2.45, 2.75) is 0 Å². The molecular weight excluding hydrogens is 158 g/mol. The molecule has 0 aromatic carbocycles. The minimum atomic E-state index is -1.55. The summed E-state index contributed by atoms with van der Waals surface area (Å²) in [5, 5.41) is 14.4. The van der Waals surface area contributed by atoms with Crippen molar-refractivity contribution in [1.82, 2.24) is 0 Å². The van der Waals surface area contributed by atoms with Gasteiger partial charge < -0.3 is 1.43 Å². The molecule has 0 bridgehead atoms. The minimum Gasteiger partial charge on any atom is -1.00 e. The molecule has 0 atom stereocenters. The third kappa shape index (κ3) is 10.4. The third-order valence-electron chi connectivity index (χ3n) is 0.149. The van der Waals surface area contributed by atoms with Gasteiger partial charge >= 0.3 is 57.5 Å². The van der Waals surface area contributed by atoms with Gasteiger partial charge in [0, 0.05) is 0 Å². The zero-order valence-corrected chi connectivity index (χ0v) is 6.74. The average molecular weight is 164 g/mol. The van der Waals surface area contributed by atoms with Crippen LogP contribution in [0.15, 0.2) is 0 Å². The van der Waals surface area contributed by atoms with Crippen molar-refractivity contribution >= 4 is 23.5 Å². The molecule has 7 heteroatoms. The van der Waals surface area contributed by atoms with Crippen LogP contribution in [0.25, 0.3) is 0 Å². The second kappa shape index (κ2) is 11.2. The van der Waals surface area contributed by atoms with E-state index in [1.54, 1.807) is 0 Å². The second-order valence-corrected chi connectivity index (χ2v) is 0.433. The van der Waals surface area contributed by atoms with Crippen LogP contribution < -0.4 is 51.4 Å². The van der Waals surface area contributed by atoms with Crippen molar-refractivity contribution in [3.8, 4) is 0 Å². The Hall–Kier alpha value is 1.36. The van der Waals surface area contributed by atoms with Crippen molar-refractivity contribution in [3.05, 3.63) is 0 Å². The number of carbonyl (C=O) groups is 1. The van der Waals surface area contributed by atoms with E-state index < -0.39 is 6.16 Å². The fourth-order valence-corrected chi connectivity index (χ4v) is 0.0167. The number of carbonyl (C=O) groups excluding carboxylic acids is 1. The van der Waals surface area contributed by atoms with Gasteiger partial charge in [-0.25, -0.2) is 0 Å². The van der Waals surface area contributed by atoms with Gasteiger partial charge in [-0.15, -0.1) is 0 Å². The Morgan fingerprint density at radius 3 is 1.62 bits per heavy atom. The maximum Gasteiger partial charge on any atom is 1.00 e. The molecule has 0 fully saturated rings. The van der Waals surface area contributed by atoms with Gasteiger partial charge in [0.05, 0.1) is 0 Å². The van der Waals surface area contributed by atoms with Crippen LogP contribution in [0.4, 0.5) is 4.79 Å². The molecule has 0 amide bonds. The molecule has 2 N–H and O–H groups in total. The number of hydrogen-bond donors (Lipinski definition) is 2. The molecule has 0 aliphatic rings. The standard InChI is InChI=1S/CH2O5.Al.K.4H/c2-1(5-3)6-4;;;;;;/h3-4H;;;;;;/q;;+1;;;;-1. The van der Waals surface area contributed by atoms with Gasteiger partial charge in [0.25, 0.3) is 0 Å². The Morgan fingerprint density at radius 1 is 1.38 bits per heavy atom. The summed E-state index contributed by atoms with van der Waals surface area (Å²) in [5.74, 6) is 0. The van der Waals surface area contributed by atoms with Gasteiger partial charge in [-0.2, -0.15) is 15.3 Å². The fourth-order valence-electron chi connectivity index (χ4n) is 0.0167. The Bertz CT molecular complexity index is 54.9. The summed E-state index contributed by atoms with van der Waals surface area (Å²) in [6, 6.07) is 0. The van der Waals surface area contributed by atoms with E-state index in [0.717, 1.165) is 0 Å². The average Bonchev–Trinajstić information content (AvgIpc) is 1.65. The van der Waals surface area contributed by atoms with Crippen LogP contribution in [-0.2, 0) is 9.78 Å². The molecule has 0 aromatic heterocycles. The van der Waals surface area contributed by atoms with E-state index in [4.69, 9.17) is 10.5 Å². The normalized spacial score (nSPS) is 5.25. The molecule has 0 saturated heterocycles. The Labute approximate surface area is 99.9 Å². The molecule has 0 aliphatic heterocycles. The van der Waals surface area contributed by atoms with E-state index in [0.29, 0.717) is 0 Å². The first-order chi connectivity index (χ1) is 2.81. The van der Waals surface area contributed by atoms with Crippen LogP contribution in [-0.4, -0.2) is 34.0 Å². The van der Waals surface area contributed by atoms with Gasteiger partial charge in [-0.05, 0) is 0 Å². The molecule has 0 unspecified atom stereocenters. The van der Waals surface area contributed by atoms with Crippen molar-refractivity contribution in [3.63, 3.8) is 0 Å². The molecule has 0 aliphatic carbocycles. The van der Waals surface area contributed by atoms with Crippen LogP contribution in [0, 0.1) is 0 Å². The second-order valence-electron chi connectivity index (χ2n) is 0.433. The SMILES string of the molecule is O=C(OO)OO.[AlH3].[H-].[K+]. The quantitative estimate of drug-likeness (QED) is 0.217. The first-order valence-corrected chi connectivity index (χ1v) is 0.978. The van der Waals surface area contributed by atoms with E-state index in [1.807, 2.05) is 0 Å². The summed E-state index contributed by atoms with van der Waals surface area (Å²) >= 11 is 0. The van der Waals surface area contributed by atoms with Gasteiger partial charge in [-0.3, -0.25) is 9.78 Å². The summed E-state index contributed by atoms with van der Waals surface area (Å²) in [4.78, 5) is 14.8. The Morgan fingerprint density at radius 2 is 1.62 bits per heavy atom. The smallest absolute Gasteiger partial charge is 1.00 e. The van der Waals surface area contributed by atoms with Crippen molar-refractivity contribution < 1.29 is 77.9 Å². The topological polar surface area (TPSA) is 76.0 Å². The molecular formula is CH6AlKO5. The molecule has 0 rings (SSSR count). The number of rotatable bonds is 0. The first-order valence-electron chi connectivity index (χ1n) is 0.978. The molecule has 0 radical (unpaired) electrons. The summed E-state index contributed by atoms with van der Waals surface area (Å²) in [5.41, 5.74) is 0. The zero-order chi connectivity index (χ0) is 4.99. The summed E-state index contributed by atoms with van der Waals surface area (Å²) in [7, 11) is 0. The van der Waals surface area contributed by atoms with Crippen LogP contribution in [0.1, 0.15) is 1.43 Å². The molecule has 5 nitrogen and oxygen atoms in total. The summed E-state index contributed by atoms with van der Waals surface area (Å²) in [6.07, 6.45) is -1.55. The van der Waals surface area contributed by atoms with Crippen LogP contribution in [0.3, 0.4) is 0 Å². The Kier molecular flexibility index (Phi) is 22.6. The molecule has 0 heterocycles. The maximum absolute atomic E-state index is 9.24. The Balaban J connectivity index is -0.0000000417. The van der Waals surface area contributed by atoms with E-state index in [1.165, 1.54) is 0 Å². The fraction of sp³-hybridized carbons (Fsp3) is 0. The zero-order valence-electron chi connectivity index (χ0n) is 4.62. The van der Waals surface area contributed by atoms with Crippen molar-refractivity contribution in [1.29, 1.82) is 0 Å². The molecule has 0 spiro atoms. The predicted molar refractivity (Wildman–Crippen MR) is 23.9 cm³/mol. The van der Waals surface area contributed by atoms with Gasteiger partial charge in [0.1, 0.15) is 0 Å². The summed E-state index contributed by atoms with van der Waals surface area (Å²) < 4.78 is 0. The van der Waals surface area contributed by atoms with Crippen LogP contribution in [0.5, 0.6) is 0 Å². The van der Waals surface area contributed by atoms with Gasteiger partial charge in [-0.1, -0.05) is 0 Å². The van der Waals surface area contributed by atoms with E-state index in [9.17, 15) is 4.79 Å². The van der Waals surface area contributed by atoms with Crippen molar-refractivity contribution in [2.24, 2.45) is 0 Å². The third-order valence-corrected chi connectivity index (χ3v) is 0.149. The molecule has 0 aromatic rings. The maximum atomic E-state index is 9.24. The number of hydrogen-bond acceptors (Lipinski definition) is 5. The monoisotopic (exact) mass is 164 g/mol. The van der Waals surface area contributed by atoms with Crippen LogP contribution >= 0.6 is 0 Å². The molecule has 44 valence electrons. The predicted octanol–water partition coefficient (Wildman–Crippen LogP) is -3.98. The van der Waals surface area contributed by atoms with E-state index >= 15 is 0 Å². The van der Waals surface area contributed by atoms with Crippen LogP contribution in [0.2, 0.25) is 0 Å². The van der Waals surface area contributed by atoms with Crippen molar-refractivity contribution in [2.75, 3.05) is 0 Å². The molecule has 8 heavy (non-hydrogen) atoms.